The van der Waals surface area contributed by atoms with Crippen LogP contribution in [0.15, 0.2) is 12.7 Å². The molecular weight excluding hydrogens is 392 g/mol. The molecule has 0 radical (unpaired) electrons. The first-order chi connectivity index (χ1) is 13.6. The predicted octanol–water partition coefficient (Wildman–Crippen LogP) is 0.974. The van der Waals surface area contributed by atoms with E-state index in [-0.39, 0.29) is 11.9 Å². The van der Waals surface area contributed by atoms with Crippen LogP contribution in [0.3, 0.4) is 0 Å². The van der Waals surface area contributed by atoms with E-state index in [1.165, 1.54) is 11.8 Å². The molecule has 2 rings (SSSR count). The van der Waals surface area contributed by atoms with Crippen molar-refractivity contribution < 1.29 is 24.9 Å². The minimum absolute atomic E-state index is 0.108. The first-order valence-corrected chi connectivity index (χ1v) is 11.7. The van der Waals surface area contributed by atoms with Gasteiger partial charge in [-0.05, 0) is 32.1 Å². The van der Waals surface area contributed by atoms with E-state index >= 15 is 0 Å². The number of rotatable bonds is 8. The normalized spacial score (nSPS) is 37.3. The van der Waals surface area contributed by atoms with Gasteiger partial charge in [0.05, 0.1) is 12.1 Å². The molecule has 2 aliphatic heterocycles. The van der Waals surface area contributed by atoms with Crippen LogP contribution < -0.4 is 5.32 Å². The highest BCUT2D eigenvalue weighted by Crippen LogP contribution is 2.35. The minimum Gasteiger partial charge on any atom is -0.388 e. The van der Waals surface area contributed by atoms with Gasteiger partial charge >= 0.3 is 0 Å². The lowest BCUT2D eigenvalue weighted by Crippen LogP contribution is -2.66. The molecule has 29 heavy (non-hydrogen) atoms. The lowest BCUT2D eigenvalue weighted by atomic mass is 9.77. The molecule has 2 saturated heterocycles. The number of thioether (sulfide) groups is 1. The summed E-state index contributed by atoms with van der Waals surface area (Å²) in [4.78, 5) is 15.3. The monoisotopic (exact) mass is 430 g/mol. The molecule has 0 aromatic heterocycles. The topological polar surface area (TPSA) is 102 Å². The van der Waals surface area contributed by atoms with E-state index in [1.807, 2.05) is 20.9 Å². The number of ether oxygens (including phenoxy) is 1. The van der Waals surface area contributed by atoms with Gasteiger partial charge in [0.25, 0.3) is 0 Å². The third-order valence-corrected chi connectivity index (χ3v) is 7.28. The van der Waals surface area contributed by atoms with Crippen molar-refractivity contribution in [3.63, 3.8) is 0 Å². The van der Waals surface area contributed by atoms with Gasteiger partial charge in [0, 0.05) is 12.0 Å². The molecule has 2 aliphatic rings. The molecule has 2 unspecified atom stereocenters. The summed E-state index contributed by atoms with van der Waals surface area (Å²) >= 11 is 1.26. The van der Waals surface area contributed by atoms with Crippen molar-refractivity contribution in [1.29, 1.82) is 0 Å². The van der Waals surface area contributed by atoms with Crippen LogP contribution in [-0.4, -0.2) is 87.9 Å². The molecule has 0 aromatic rings. The van der Waals surface area contributed by atoms with Gasteiger partial charge in [-0.3, -0.25) is 9.69 Å². The zero-order chi connectivity index (χ0) is 21.9. The molecule has 0 bridgehead atoms. The Morgan fingerprint density at radius 2 is 2.00 bits per heavy atom. The summed E-state index contributed by atoms with van der Waals surface area (Å²) < 4.78 is 5.96. The van der Waals surface area contributed by atoms with E-state index in [2.05, 4.69) is 23.7 Å². The average Bonchev–Trinajstić information content (AvgIpc) is 3.05. The molecule has 8 atom stereocenters. The van der Waals surface area contributed by atoms with Gasteiger partial charge in [0.2, 0.25) is 5.91 Å². The lowest BCUT2D eigenvalue weighted by Gasteiger charge is -2.47. The number of carbonyl (C=O) groups excluding carboxylic acids is 1. The molecular formula is C21H38N2O5S. The molecule has 8 heteroatoms. The molecule has 0 aromatic carbocycles. The van der Waals surface area contributed by atoms with Crippen molar-refractivity contribution in [3.05, 3.63) is 12.7 Å². The number of hydrogen-bond donors (Lipinski definition) is 4. The molecule has 168 valence electrons. The third-order valence-electron chi connectivity index (χ3n) is 6.43. The van der Waals surface area contributed by atoms with Crippen molar-refractivity contribution in [2.45, 2.75) is 82.0 Å². The Morgan fingerprint density at radius 1 is 1.34 bits per heavy atom. The number of amides is 1. The van der Waals surface area contributed by atoms with Gasteiger partial charge in [-0.1, -0.05) is 33.3 Å². The van der Waals surface area contributed by atoms with Crippen LogP contribution >= 0.6 is 11.8 Å². The highest BCUT2D eigenvalue weighted by Gasteiger charge is 2.50. The fourth-order valence-electron chi connectivity index (χ4n) is 4.44. The second-order valence-electron chi connectivity index (χ2n) is 9.03. The molecule has 0 spiro atoms. The van der Waals surface area contributed by atoms with E-state index < -0.39 is 41.3 Å². The van der Waals surface area contributed by atoms with Crippen LogP contribution in [0.1, 0.15) is 40.0 Å². The van der Waals surface area contributed by atoms with Crippen molar-refractivity contribution in [2.24, 2.45) is 11.3 Å². The average molecular weight is 431 g/mol. The summed E-state index contributed by atoms with van der Waals surface area (Å²) in [6, 6.07) is -0.847. The molecule has 2 heterocycles. The molecule has 2 fully saturated rings. The number of aliphatic hydroxyl groups excluding tert-OH is 3. The Labute approximate surface area is 178 Å². The minimum atomic E-state index is -1.35. The van der Waals surface area contributed by atoms with Crippen LogP contribution in [0.2, 0.25) is 0 Å². The van der Waals surface area contributed by atoms with E-state index in [1.54, 1.807) is 12.3 Å². The number of carbonyl (C=O) groups is 1. The van der Waals surface area contributed by atoms with E-state index in [9.17, 15) is 20.1 Å². The lowest BCUT2D eigenvalue weighted by molar-refractivity contribution is -0.210. The Hall–Kier alpha value is -0.640. The highest BCUT2D eigenvalue weighted by molar-refractivity contribution is 7.99. The zero-order valence-corrected chi connectivity index (χ0v) is 19.1. The molecule has 4 N–H and O–H groups in total. The number of likely N-dealkylation sites (N-methyl/N-ethyl adjacent to an activating group) is 1. The molecule has 7 nitrogen and oxygen atoms in total. The van der Waals surface area contributed by atoms with Crippen molar-refractivity contribution in [2.75, 3.05) is 19.8 Å². The Balaban J connectivity index is 2.23. The van der Waals surface area contributed by atoms with Crippen LogP contribution in [-0.2, 0) is 9.53 Å². The Bertz CT molecular complexity index is 573. The summed E-state index contributed by atoms with van der Waals surface area (Å²) in [5.74, 6) is 0.393. The van der Waals surface area contributed by atoms with E-state index in [0.717, 1.165) is 25.8 Å². The summed E-state index contributed by atoms with van der Waals surface area (Å²) in [6.07, 6.45) is 1.73. The van der Waals surface area contributed by atoms with Crippen LogP contribution in [0.5, 0.6) is 0 Å². The number of hydrogen-bond acceptors (Lipinski definition) is 7. The second-order valence-corrected chi connectivity index (χ2v) is 9.97. The largest absolute Gasteiger partial charge is 0.388 e. The van der Waals surface area contributed by atoms with Crippen molar-refractivity contribution >= 4 is 17.7 Å². The summed E-state index contributed by atoms with van der Waals surface area (Å²) in [7, 11) is 1.96. The Morgan fingerprint density at radius 3 is 2.55 bits per heavy atom. The van der Waals surface area contributed by atoms with Crippen LogP contribution in [0.4, 0.5) is 0 Å². The fraction of sp³-hybridized carbons (Fsp3) is 0.857. The van der Waals surface area contributed by atoms with Crippen molar-refractivity contribution in [3.8, 4) is 0 Å². The van der Waals surface area contributed by atoms with E-state index in [0.29, 0.717) is 5.92 Å². The SMILES string of the molecule is C=CC(C)(C)[C@@H](NC(=O)[C@@H]1C[C@@H](CCC)CN1C)[C@H]1OC(SC)[C@H](O)[C@H](O)C1O. The van der Waals surface area contributed by atoms with Crippen LogP contribution in [0, 0.1) is 11.3 Å². The fourth-order valence-corrected chi connectivity index (χ4v) is 5.12. The second kappa shape index (κ2) is 10.1. The Kier molecular flexibility index (Phi) is 8.59. The van der Waals surface area contributed by atoms with Crippen LogP contribution in [0.25, 0.3) is 0 Å². The standard InChI is InChI=1S/C21H38N2O5S/c1-7-9-12-10-13(23(5)11-12)19(27)22-18(21(3,4)8-2)17-15(25)14(24)16(26)20(28-17)29-6/h8,12-18,20,24-26H,2,7,9-11H2,1,3-6H3,(H,22,27)/t12-,13+,14-,15?,16-,17+,18+,20?/m1/s1. The van der Waals surface area contributed by atoms with Gasteiger partial charge in [-0.2, -0.15) is 0 Å². The molecule has 0 saturated carbocycles. The molecule has 1 amide bonds. The van der Waals surface area contributed by atoms with Gasteiger partial charge in [-0.25, -0.2) is 0 Å². The van der Waals surface area contributed by atoms with Gasteiger partial charge < -0.3 is 25.4 Å². The quantitative estimate of drug-likeness (QED) is 0.426. The van der Waals surface area contributed by atoms with Gasteiger partial charge in [0.15, 0.2) is 0 Å². The van der Waals surface area contributed by atoms with Crippen molar-refractivity contribution in [1.82, 2.24) is 10.2 Å². The van der Waals surface area contributed by atoms with E-state index in [4.69, 9.17) is 4.74 Å². The smallest absolute Gasteiger partial charge is 0.237 e. The summed E-state index contributed by atoms with van der Waals surface area (Å²) in [5, 5.41) is 34.3. The summed E-state index contributed by atoms with van der Waals surface area (Å²) in [5.41, 5.74) is -1.30. The molecule has 0 aliphatic carbocycles. The number of nitrogens with one attached hydrogen (secondary N) is 1. The van der Waals surface area contributed by atoms with Gasteiger partial charge in [-0.15, -0.1) is 18.3 Å². The maximum absolute atomic E-state index is 13.2. The first-order valence-electron chi connectivity index (χ1n) is 10.4. The number of likely N-dealkylation sites (tertiary alicyclic amines) is 1. The number of nitrogens with zero attached hydrogens (tertiary/aromatic N) is 1. The van der Waals surface area contributed by atoms with Gasteiger partial charge in [0.1, 0.15) is 29.9 Å². The predicted molar refractivity (Wildman–Crippen MR) is 116 cm³/mol. The maximum atomic E-state index is 13.2. The number of aliphatic hydroxyl groups is 3. The maximum Gasteiger partial charge on any atom is 0.237 e. The summed E-state index contributed by atoms with van der Waals surface area (Å²) in [6.45, 7) is 10.7. The first kappa shape index (κ1) is 24.6. The zero-order valence-electron chi connectivity index (χ0n) is 18.2. The third kappa shape index (κ3) is 5.35. The highest BCUT2D eigenvalue weighted by atomic mass is 32.2.